The first-order valence-corrected chi connectivity index (χ1v) is 9.32. The molecule has 0 amide bonds. The van der Waals surface area contributed by atoms with Crippen molar-refractivity contribution in [1.29, 1.82) is 0 Å². The Labute approximate surface area is 181 Å². The van der Waals surface area contributed by atoms with Gasteiger partial charge in [0.1, 0.15) is 23.7 Å². The van der Waals surface area contributed by atoms with Crippen molar-refractivity contribution in [1.82, 2.24) is 14.9 Å². The highest BCUT2D eigenvalue weighted by atomic mass is 32.1. The summed E-state index contributed by atoms with van der Waals surface area (Å²) >= 11 is 4.93. The smallest absolute Gasteiger partial charge is 0.341 e. The number of aromatic nitrogens is 3. The molecule has 0 aliphatic heterocycles. The van der Waals surface area contributed by atoms with E-state index in [0.29, 0.717) is 22.6 Å². The Morgan fingerprint density at radius 2 is 2.03 bits per heavy atom. The number of halogens is 2. The van der Waals surface area contributed by atoms with E-state index in [1.807, 2.05) is 0 Å². The molecule has 0 unspecified atom stereocenters. The fraction of sp³-hybridized carbons (Fsp3) is 0.200. The Morgan fingerprint density at radius 1 is 1.26 bits per heavy atom. The number of methoxy groups -OCH3 is 2. The van der Waals surface area contributed by atoms with E-state index >= 15 is 0 Å². The van der Waals surface area contributed by atoms with Gasteiger partial charge in [-0.2, -0.15) is 14.9 Å². The second-order valence-corrected chi connectivity index (χ2v) is 6.48. The van der Waals surface area contributed by atoms with Gasteiger partial charge in [0.05, 0.1) is 20.4 Å². The number of nitrogens with zero attached hydrogens (tertiary/aromatic N) is 3. The van der Waals surface area contributed by atoms with E-state index < -0.39 is 18.2 Å². The molecule has 0 spiro atoms. The number of carbonyl (C=O) groups is 1. The van der Waals surface area contributed by atoms with Crippen molar-refractivity contribution in [2.45, 2.75) is 13.0 Å². The quantitative estimate of drug-likeness (QED) is 0.317. The third kappa shape index (κ3) is 5.12. The first-order chi connectivity index (χ1) is 14.9. The number of rotatable bonds is 8. The molecular formula is C20H18F2N4O4S. The Morgan fingerprint density at radius 3 is 2.74 bits per heavy atom. The summed E-state index contributed by atoms with van der Waals surface area (Å²) in [5.41, 5.74) is 1.52. The van der Waals surface area contributed by atoms with Crippen molar-refractivity contribution < 1.29 is 27.8 Å². The van der Waals surface area contributed by atoms with Crippen molar-refractivity contribution >= 4 is 24.4 Å². The van der Waals surface area contributed by atoms with Crippen LogP contribution in [0.1, 0.15) is 33.7 Å². The van der Waals surface area contributed by atoms with Crippen LogP contribution < -0.4 is 9.47 Å². The molecule has 3 rings (SSSR count). The number of esters is 1. The largest absolute Gasteiger partial charge is 0.496 e. The van der Waals surface area contributed by atoms with Gasteiger partial charge in [-0.1, -0.05) is 12.1 Å². The lowest BCUT2D eigenvalue weighted by atomic mass is 10.1. The van der Waals surface area contributed by atoms with Crippen LogP contribution in [0.4, 0.5) is 8.78 Å². The topological polar surface area (TPSA) is 90.7 Å². The van der Waals surface area contributed by atoms with E-state index in [-0.39, 0.29) is 16.9 Å². The minimum Gasteiger partial charge on any atom is -0.496 e. The van der Waals surface area contributed by atoms with E-state index in [1.165, 1.54) is 20.4 Å². The molecule has 31 heavy (non-hydrogen) atoms. The molecule has 1 aromatic heterocycles. The molecule has 0 aliphatic rings. The summed E-state index contributed by atoms with van der Waals surface area (Å²) < 4.78 is 42.8. The zero-order chi connectivity index (χ0) is 22.4. The minimum atomic E-state index is -2.83. The molecule has 11 heteroatoms. The van der Waals surface area contributed by atoms with Crippen LogP contribution in [0.5, 0.6) is 11.5 Å². The first kappa shape index (κ1) is 22.1. The summed E-state index contributed by atoms with van der Waals surface area (Å²) in [6.45, 7) is 0.0757. The Hall–Kier alpha value is -3.60. The maximum absolute atomic E-state index is 13.0. The van der Waals surface area contributed by atoms with Gasteiger partial charge in [0, 0.05) is 5.56 Å². The maximum Gasteiger partial charge on any atom is 0.341 e. The highest BCUT2D eigenvalue weighted by molar-refractivity contribution is 7.71. The molecule has 0 fully saturated rings. The van der Waals surface area contributed by atoms with Gasteiger partial charge >= 0.3 is 5.97 Å². The van der Waals surface area contributed by atoms with Gasteiger partial charge in [0.15, 0.2) is 0 Å². The number of para-hydroxylation sites is 1. The molecule has 0 atom stereocenters. The zero-order valence-corrected chi connectivity index (χ0v) is 17.4. The van der Waals surface area contributed by atoms with Crippen LogP contribution in [0.3, 0.4) is 0 Å². The molecule has 1 heterocycles. The fourth-order valence-corrected chi connectivity index (χ4v) is 2.89. The predicted molar refractivity (Wildman–Crippen MR) is 110 cm³/mol. The van der Waals surface area contributed by atoms with Gasteiger partial charge in [-0.3, -0.25) is 0 Å². The minimum absolute atomic E-state index is 0.0527. The molecule has 0 bridgehead atoms. The van der Waals surface area contributed by atoms with Crippen molar-refractivity contribution in [2.24, 2.45) is 5.10 Å². The molecule has 162 valence electrons. The summed E-state index contributed by atoms with van der Waals surface area (Å²) in [5.74, 6) is -0.212. The molecule has 1 N–H and O–H groups in total. The van der Waals surface area contributed by atoms with E-state index in [0.717, 1.165) is 4.68 Å². The SMILES string of the molecule is COC(=O)c1ccccc1OCc1cc(/C=N/n2c(C(F)F)n[nH]c2=S)ccc1OC. The van der Waals surface area contributed by atoms with E-state index in [9.17, 15) is 13.6 Å². The van der Waals surface area contributed by atoms with E-state index in [2.05, 4.69) is 15.3 Å². The van der Waals surface area contributed by atoms with Gasteiger partial charge in [-0.25, -0.2) is 18.7 Å². The molecule has 0 saturated heterocycles. The molecule has 0 aliphatic carbocycles. The number of aromatic amines is 1. The molecular weight excluding hydrogens is 430 g/mol. The first-order valence-electron chi connectivity index (χ1n) is 8.91. The summed E-state index contributed by atoms with van der Waals surface area (Å²) in [7, 11) is 2.80. The van der Waals surface area contributed by atoms with E-state index in [1.54, 1.807) is 42.5 Å². The Balaban J connectivity index is 1.85. The Kier molecular flexibility index (Phi) is 7.08. The van der Waals surface area contributed by atoms with Gasteiger partial charge in [0.2, 0.25) is 10.6 Å². The van der Waals surface area contributed by atoms with Crippen molar-refractivity contribution in [3.63, 3.8) is 0 Å². The lowest BCUT2D eigenvalue weighted by Crippen LogP contribution is -2.06. The number of ether oxygens (including phenoxy) is 3. The molecule has 0 radical (unpaired) electrons. The van der Waals surface area contributed by atoms with E-state index in [4.69, 9.17) is 26.4 Å². The highest BCUT2D eigenvalue weighted by Crippen LogP contribution is 2.24. The molecule has 8 nitrogen and oxygen atoms in total. The van der Waals surface area contributed by atoms with Crippen LogP contribution in [0.25, 0.3) is 0 Å². The van der Waals surface area contributed by atoms with Gasteiger partial charge in [0.25, 0.3) is 6.43 Å². The summed E-state index contributed by atoms with van der Waals surface area (Å²) in [5, 5.41) is 9.75. The average molecular weight is 448 g/mol. The number of H-pyrrole nitrogens is 1. The summed E-state index contributed by atoms with van der Waals surface area (Å²) in [4.78, 5) is 11.9. The third-order valence-corrected chi connectivity index (χ3v) is 4.44. The van der Waals surface area contributed by atoms with Gasteiger partial charge in [-0.15, -0.1) is 0 Å². The summed E-state index contributed by atoms with van der Waals surface area (Å²) in [6.07, 6.45) is -1.47. The van der Waals surface area contributed by atoms with Crippen LogP contribution in [0.15, 0.2) is 47.6 Å². The number of hydrogen-bond acceptors (Lipinski definition) is 7. The fourth-order valence-electron chi connectivity index (χ4n) is 2.70. The third-order valence-electron chi connectivity index (χ3n) is 4.17. The average Bonchev–Trinajstić information content (AvgIpc) is 3.16. The molecule has 3 aromatic rings. The zero-order valence-electron chi connectivity index (χ0n) is 16.5. The van der Waals surface area contributed by atoms with Crippen molar-refractivity contribution in [3.05, 3.63) is 69.8 Å². The number of hydrogen-bond donors (Lipinski definition) is 1. The van der Waals surface area contributed by atoms with Crippen molar-refractivity contribution in [2.75, 3.05) is 14.2 Å². The lowest BCUT2D eigenvalue weighted by molar-refractivity contribution is 0.0595. The normalized spacial score (nSPS) is 11.1. The number of carbonyl (C=O) groups excluding carboxylic acids is 1. The monoisotopic (exact) mass is 448 g/mol. The molecule has 2 aromatic carbocycles. The van der Waals surface area contributed by atoms with Crippen molar-refractivity contribution in [3.8, 4) is 11.5 Å². The number of alkyl halides is 2. The second-order valence-electron chi connectivity index (χ2n) is 6.09. The van der Waals surface area contributed by atoms with Crippen LogP contribution in [-0.2, 0) is 11.3 Å². The maximum atomic E-state index is 13.0. The highest BCUT2D eigenvalue weighted by Gasteiger charge is 2.16. The van der Waals surface area contributed by atoms with Gasteiger partial charge in [-0.05, 0) is 48.1 Å². The van der Waals surface area contributed by atoms with Crippen LogP contribution in [0.2, 0.25) is 0 Å². The standard InChI is InChI=1S/C20H18F2N4O4S/c1-28-15-8-7-12(10-23-26-18(17(21)22)24-25-20(26)31)9-13(15)11-30-16-6-4-3-5-14(16)19(27)29-2/h3-10,17H,11H2,1-2H3,(H,25,31)/b23-10+. The molecule has 0 saturated carbocycles. The summed E-state index contributed by atoms with van der Waals surface area (Å²) in [6, 6.07) is 11.8. The Bertz CT molecular complexity index is 1160. The number of benzene rings is 2. The van der Waals surface area contributed by atoms with Crippen LogP contribution >= 0.6 is 12.2 Å². The number of nitrogens with one attached hydrogen (secondary N) is 1. The predicted octanol–water partition coefficient (Wildman–Crippen LogP) is 4.13. The second kappa shape index (κ2) is 9.94. The van der Waals surface area contributed by atoms with Crippen LogP contribution in [0, 0.1) is 4.77 Å². The van der Waals surface area contributed by atoms with Crippen LogP contribution in [-0.4, -0.2) is 41.3 Å². The lowest BCUT2D eigenvalue weighted by Gasteiger charge is -2.13. The van der Waals surface area contributed by atoms with Gasteiger partial charge < -0.3 is 14.2 Å².